The van der Waals surface area contributed by atoms with Crippen LogP contribution in [-0.4, -0.2) is 28.6 Å². The van der Waals surface area contributed by atoms with Crippen LogP contribution in [0.3, 0.4) is 0 Å². The zero-order valence-corrected chi connectivity index (χ0v) is 12.1. The fourth-order valence-corrected chi connectivity index (χ4v) is 3.99. The zero-order chi connectivity index (χ0) is 12.3. The van der Waals surface area contributed by atoms with Crippen molar-refractivity contribution in [3.05, 3.63) is 6.92 Å². The Morgan fingerprint density at radius 2 is 1.19 bits per heavy atom. The molecule has 0 heterocycles. The van der Waals surface area contributed by atoms with E-state index in [0.717, 1.165) is 51.5 Å². The third-order valence-corrected chi connectivity index (χ3v) is 4.96. The first-order valence-electron chi connectivity index (χ1n) is 6.45. The molecule has 0 aliphatic rings. The molecule has 0 aromatic rings. The van der Waals surface area contributed by atoms with E-state index < -0.39 is 8.80 Å². The van der Waals surface area contributed by atoms with Crippen molar-refractivity contribution in [2.75, 3.05) is 19.8 Å². The van der Waals surface area contributed by atoms with Crippen molar-refractivity contribution in [2.24, 2.45) is 0 Å². The molecule has 0 fully saturated rings. The van der Waals surface area contributed by atoms with Gasteiger partial charge in [0.15, 0.2) is 0 Å². The van der Waals surface area contributed by atoms with E-state index in [4.69, 9.17) is 13.3 Å². The van der Waals surface area contributed by atoms with Gasteiger partial charge in [0.1, 0.15) is 0 Å². The van der Waals surface area contributed by atoms with E-state index in [2.05, 4.69) is 27.7 Å². The summed E-state index contributed by atoms with van der Waals surface area (Å²) >= 11 is 0. The highest BCUT2D eigenvalue weighted by atomic mass is 28.4. The molecular formula is C12H27O3Si. The molecule has 0 saturated heterocycles. The lowest BCUT2D eigenvalue weighted by molar-refractivity contribution is 0.0594. The fourth-order valence-electron chi connectivity index (χ4n) is 1.33. The minimum absolute atomic E-state index is 0.722. The molecule has 0 amide bonds. The Balaban J connectivity index is 4.32. The van der Waals surface area contributed by atoms with Crippen LogP contribution in [0.4, 0.5) is 0 Å². The van der Waals surface area contributed by atoms with Gasteiger partial charge >= 0.3 is 8.80 Å². The minimum Gasteiger partial charge on any atom is -0.373 e. The summed E-state index contributed by atoms with van der Waals surface area (Å²) < 4.78 is 17.6. The number of hydrogen-bond acceptors (Lipinski definition) is 3. The maximum absolute atomic E-state index is 5.88. The summed E-state index contributed by atoms with van der Waals surface area (Å²) in [6, 6.07) is 0.826. The molecule has 0 N–H and O–H groups in total. The summed E-state index contributed by atoms with van der Waals surface area (Å²) in [4.78, 5) is 0. The average Bonchev–Trinajstić information content (AvgIpc) is 2.31. The minimum atomic E-state index is -2.42. The highest BCUT2D eigenvalue weighted by Crippen LogP contribution is 2.18. The Bertz CT molecular complexity index is 131. The van der Waals surface area contributed by atoms with Crippen LogP contribution >= 0.6 is 0 Å². The second-order valence-corrected chi connectivity index (χ2v) is 6.56. The molecule has 97 valence electrons. The topological polar surface area (TPSA) is 27.7 Å². The van der Waals surface area contributed by atoms with Crippen molar-refractivity contribution in [3.63, 3.8) is 0 Å². The predicted molar refractivity (Wildman–Crippen MR) is 69.3 cm³/mol. The summed E-state index contributed by atoms with van der Waals surface area (Å²) in [7, 11) is -2.42. The first-order valence-corrected chi connectivity index (χ1v) is 8.39. The van der Waals surface area contributed by atoms with Gasteiger partial charge in [-0.15, -0.1) is 0 Å². The standard InChI is InChI=1S/C12H27O3Si/c1-5-9-13-16(12-8-4,14-10-6-2)15-11-7-3/h4-12H2,1-3H3. The van der Waals surface area contributed by atoms with Crippen LogP contribution in [0, 0.1) is 6.92 Å². The summed E-state index contributed by atoms with van der Waals surface area (Å²) in [5, 5.41) is 0. The molecule has 1 radical (unpaired) electrons. The second-order valence-electron chi connectivity index (χ2n) is 3.83. The van der Waals surface area contributed by atoms with Gasteiger partial charge in [0.25, 0.3) is 0 Å². The maximum Gasteiger partial charge on any atom is 0.500 e. The van der Waals surface area contributed by atoms with Crippen molar-refractivity contribution in [2.45, 2.75) is 52.5 Å². The van der Waals surface area contributed by atoms with Gasteiger partial charge in [-0.3, -0.25) is 0 Å². The van der Waals surface area contributed by atoms with E-state index in [1.54, 1.807) is 0 Å². The van der Waals surface area contributed by atoms with Gasteiger partial charge in [-0.2, -0.15) is 0 Å². The third-order valence-electron chi connectivity index (χ3n) is 2.06. The van der Waals surface area contributed by atoms with Crippen LogP contribution in [-0.2, 0) is 13.3 Å². The van der Waals surface area contributed by atoms with Crippen LogP contribution in [0.5, 0.6) is 0 Å². The molecule has 0 unspecified atom stereocenters. The molecule has 0 aromatic heterocycles. The first kappa shape index (κ1) is 16.1. The summed E-state index contributed by atoms with van der Waals surface area (Å²) in [5.41, 5.74) is 0. The zero-order valence-electron chi connectivity index (χ0n) is 11.1. The first-order chi connectivity index (χ1) is 7.74. The predicted octanol–water partition coefficient (Wildman–Crippen LogP) is 3.43. The van der Waals surface area contributed by atoms with Crippen LogP contribution in [0.2, 0.25) is 6.04 Å². The molecule has 0 atom stereocenters. The Kier molecular flexibility index (Phi) is 10.3. The van der Waals surface area contributed by atoms with Crippen molar-refractivity contribution < 1.29 is 13.3 Å². The summed E-state index contributed by atoms with van der Waals surface area (Å²) in [6.45, 7) is 12.4. The Morgan fingerprint density at radius 1 is 0.812 bits per heavy atom. The van der Waals surface area contributed by atoms with E-state index in [-0.39, 0.29) is 0 Å². The summed E-state index contributed by atoms with van der Waals surface area (Å²) in [5.74, 6) is 0. The molecule has 0 bridgehead atoms. The molecule has 0 spiro atoms. The molecular weight excluding hydrogens is 220 g/mol. The molecule has 0 rings (SSSR count). The molecule has 0 aliphatic carbocycles. The van der Waals surface area contributed by atoms with E-state index in [1.807, 2.05) is 0 Å². The smallest absolute Gasteiger partial charge is 0.373 e. The van der Waals surface area contributed by atoms with E-state index in [9.17, 15) is 0 Å². The van der Waals surface area contributed by atoms with Crippen LogP contribution in [0.15, 0.2) is 0 Å². The Morgan fingerprint density at radius 3 is 1.44 bits per heavy atom. The van der Waals surface area contributed by atoms with Gasteiger partial charge < -0.3 is 13.3 Å². The monoisotopic (exact) mass is 247 g/mol. The van der Waals surface area contributed by atoms with Gasteiger partial charge in [0, 0.05) is 25.9 Å². The highest BCUT2D eigenvalue weighted by molar-refractivity contribution is 6.60. The lowest BCUT2D eigenvalue weighted by atomic mass is 10.5. The van der Waals surface area contributed by atoms with Gasteiger partial charge in [-0.1, -0.05) is 27.7 Å². The van der Waals surface area contributed by atoms with Crippen LogP contribution < -0.4 is 0 Å². The largest absolute Gasteiger partial charge is 0.500 e. The number of rotatable bonds is 11. The van der Waals surface area contributed by atoms with Gasteiger partial charge in [-0.25, -0.2) is 0 Å². The van der Waals surface area contributed by atoms with Crippen LogP contribution in [0.1, 0.15) is 46.5 Å². The van der Waals surface area contributed by atoms with Gasteiger partial charge in [0.2, 0.25) is 0 Å². The maximum atomic E-state index is 5.88. The molecule has 0 aromatic carbocycles. The number of hydrogen-bond donors (Lipinski definition) is 0. The molecule has 3 nitrogen and oxygen atoms in total. The average molecular weight is 247 g/mol. The second kappa shape index (κ2) is 10.3. The van der Waals surface area contributed by atoms with Crippen molar-refractivity contribution in [3.8, 4) is 0 Å². The quantitative estimate of drug-likeness (QED) is 0.524. The molecule has 0 aliphatic heterocycles. The molecule has 16 heavy (non-hydrogen) atoms. The Hall–Kier alpha value is 0.0969. The Labute approximate surface area is 102 Å². The van der Waals surface area contributed by atoms with Crippen molar-refractivity contribution in [1.29, 1.82) is 0 Å². The van der Waals surface area contributed by atoms with Crippen molar-refractivity contribution in [1.82, 2.24) is 0 Å². The molecule has 4 heteroatoms. The molecule has 0 saturated carbocycles. The fraction of sp³-hybridized carbons (Fsp3) is 0.917. The van der Waals surface area contributed by atoms with Crippen molar-refractivity contribution >= 4 is 8.80 Å². The SMILES string of the molecule is [CH2]CC[Si](OCCC)(OCCC)OCCC. The van der Waals surface area contributed by atoms with Gasteiger partial charge in [0.05, 0.1) is 0 Å². The van der Waals surface area contributed by atoms with Gasteiger partial charge in [-0.05, 0) is 25.7 Å². The lowest BCUT2D eigenvalue weighted by Gasteiger charge is -2.29. The van der Waals surface area contributed by atoms with E-state index in [1.165, 1.54) is 0 Å². The normalized spacial score (nSPS) is 12.0. The highest BCUT2D eigenvalue weighted by Gasteiger charge is 2.39. The third kappa shape index (κ3) is 6.63. The summed E-state index contributed by atoms with van der Waals surface area (Å²) in [6.07, 6.45) is 3.80. The van der Waals surface area contributed by atoms with E-state index in [0.29, 0.717) is 0 Å². The van der Waals surface area contributed by atoms with Crippen LogP contribution in [0.25, 0.3) is 0 Å². The van der Waals surface area contributed by atoms with E-state index >= 15 is 0 Å². The lowest BCUT2D eigenvalue weighted by Crippen LogP contribution is -2.46.